The van der Waals surface area contributed by atoms with E-state index in [0.29, 0.717) is 5.92 Å². The third-order valence-electron chi connectivity index (χ3n) is 1.78. The Kier molecular flexibility index (Phi) is 4.05. The van der Waals surface area contributed by atoms with Gasteiger partial charge in [0.1, 0.15) is 0 Å². The number of rotatable bonds is 2. The van der Waals surface area contributed by atoms with Crippen molar-refractivity contribution in [3.8, 4) is 11.8 Å². The fourth-order valence-electron chi connectivity index (χ4n) is 1.00. The molecule has 0 saturated carbocycles. The van der Waals surface area contributed by atoms with Gasteiger partial charge >= 0.3 is 0 Å². The lowest BCUT2D eigenvalue weighted by Crippen LogP contribution is -1.77. The summed E-state index contributed by atoms with van der Waals surface area (Å²) in [5.74, 6) is 6.98. The van der Waals surface area contributed by atoms with E-state index < -0.39 is 0 Å². The Morgan fingerprint density at radius 1 is 1.38 bits per heavy atom. The standard InChI is InChI=1S/C12H16S/c1-4-5-6-7-11-8-9-12(13-11)10(2)3/h8-10H,4-5H2,1-3H3. The Bertz CT molecular complexity index is 309. The lowest BCUT2D eigenvalue weighted by molar-refractivity contribution is 0.890. The Balaban J connectivity index is 2.65. The predicted octanol–water partition coefficient (Wildman–Crippen LogP) is 4.02. The monoisotopic (exact) mass is 192 g/mol. The summed E-state index contributed by atoms with van der Waals surface area (Å²) in [7, 11) is 0. The zero-order chi connectivity index (χ0) is 9.68. The van der Waals surface area contributed by atoms with Gasteiger partial charge in [-0.25, -0.2) is 0 Å². The number of thiophene rings is 1. The smallest absolute Gasteiger partial charge is 0.0771 e. The van der Waals surface area contributed by atoms with Crippen molar-refractivity contribution in [3.63, 3.8) is 0 Å². The van der Waals surface area contributed by atoms with Crippen LogP contribution in [0.4, 0.5) is 0 Å². The van der Waals surface area contributed by atoms with Crippen LogP contribution in [0.15, 0.2) is 12.1 Å². The van der Waals surface area contributed by atoms with E-state index in [-0.39, 0.29) is 0 Å². The molecular formula is C12H16S. The molecule has 0 aliphatic heterocycles. The van der Waals surface area contributed by atoms with Crippen LogP contribution in [0.1, 0.15) is 49.3 Å². The zero-order valence-corrected chi connectivity index (χ0v) is 9.37. The van der Waals surface area contributed by atoms with Gasteiger partial charge in [0.25, 0.3) is 0 Å². The van der Waals surface area contributed by atoms with E-state index in [4.69, 9.17) is 0 Å². The van der Waals surface area contributed by atoms with Crippen LogP contribution < -0.4 is 0 Å². The Labute approximate surface area is 85.0 Å². The first-order valence-corrected chi connectivity index (χ1v) is 5.64. The van der Waals surface area contributed by atoms with E-state index >= 15 is 0 Å². The maximum Gasteiger partial charge on any atom is 0.0771 e. The summed E-state index contributed by atoms with van der Waals surface area (Å²) < 4.78 is 0. The summed E-state index contributed by atoms with van der Waals surface area (Å²) in [6, 6.07) is 4.31. The van der Waals surface area contributed by atoms with Crippen molar-refractivity contribution < 1.29 is 0 Å². The molecule has 0 spiro atoms. The van der Waals surface area contributed by atoms with Crippen molar-refractivity contribution in [2.75, 3.05) is 0 Å². The largest absolute Gasteiger partial charge is 0.131 e. The molecule has 0 radical (unpaired) electrons. The van der Waals surface area contributed by atoms with Gasteiger partial charge in [0.05, 0.1) is 4.88 Å². The van der Waals surface area contributed by atoms with Crippen LogP contribution >= 0.6 is 11.3 Å². The Morgan fingerprint density at radius 2 is 2.15 bits per heavy atom. The van der Waals surface area contributed by atoms with E-state index in [2.05, 4.69) is 44.7 Å². The van der Waals surface area contributed by atoms with Crippen molar-refractivity contribution in [2.24, 2.45) is 0 Å². The third-order valence-corrected chi connectivity index (χ3v) is 3.08. The van der Waals surface area contributed by atoms with Gasteiger partial charge in [-0.2, -0.15) is 0 Å². The first kappa shape index (κ1) is 10.3. The SMILES string of the molecule is CCCC#Cc1ccc(C(C)C)s1. The van der Waals surface area contributed by atoms with E-state index in [9.17, 15) is 0 Å². The van der Waals surface area contributed by atoms with Crippen LogP contribution in [-0.2, 0) is 0 Å². The molecule has 0 N–H and O–H groups in total. The van der Waals surface area contributed by atoms with E-state index in [1.165, 1.54) is 9.75 Å². The quantitative estimate of drug-likeness (QED) is 0.621. The number of unbranched alkanes of at least 4 members (excludes halogenated alkanes) is 1. The third kappa shape index (κ3) is 3.24. The molecule has 0 unspecified atom stereocenters. The average molecular weight is 192 g/mol. The van der Waals surface area contributed by atoms with Gasteiger partial charge in [-0.1, -0.05) is 32.6 Å². The van der Waals surface area contributed by atoms with Gasteiger partial charge in [-0.3, -0.25) is 0 Å². The second-order valence-electron chi connectivity index (χ2n) is 3.41. The number of hydrogen-bond acceptors (Lipinski definition) is 1. The molecule has 0 aliphatic rings. The fourth-order valence-corrected chi connectivity index (χ4v) is 1.89. The summed E-state index contributed by atoms with van der Waals surface area (Å²) in [5.41, 5.74) is 0. The maximum absolute atomic E-state index is 3.19. The average Bonchev–Trinajstić information content (AvgIpc) is 2.53. The van der Waals surface area contributed by atoms with Crippen LogP contribution in [0.3, 0.4) is 0 Å². The summed E-state index contributed by atoms with van der Waals surface area (Å²) in [4.78, 5) is 2.64. The molecule has 0 saturated heterocycles. The van der Waals surface area contributed by atoms with Gasteiger partial charge in [0.15, 0.2) is 0 Å². The number of hydrogen-bond donors (Lipinski definition) is 0. The summed E-state index contributed by atoms with van der Waals surface area (Å²) in [6.07, 6.45) is 2.16. The molecule has 1 heterocycles. The molecule has 0 amide bonds. The second kappa shape index (κ2) is 5.09. The minimum absolute atomic E-state index is 0.631. The summed E-state index contributed by atoms with van der Waals surface area (Å²) in [6.45, 7) is 6.59. The molecular weight excluding hydrogens is 176 g/mol. The van der Waals surface area contributed by atoms with Crippen molar-refractivity contribution >= 4 is 11.3 Å². The summed E-state index contributed by atoms with van der Waals surface area (Å²) in [5, 5.41) is 0. The van der Waals surface area contributed by atoms with Crippen LogP contribution in [0, 0.1) is 11.8 Å². The molecule has 0 nitrogen and oxygen atoms in total. The van der Waals surface area contributed by atoms with E-state index in [0.717, 1.165) is 12.8 Å². The minimum atomic E-state index is 0.631. The summed E-state index contributed by atoms with van der Waals surface area (Å²) >= 11 is 1.82. The highest BCUT2D eigenvalue weighted by molar-refractivity contribution is 7.12. The van der Waals surface area contributed by atoms with Crippen molar-refractivity contribution in [1.29, 1.82) is 0 Å². The normalized spacial score (nSPS) is 9.85. The molecule has 13 heavy (non-hydrogen) atoms. The lowest BCUT2D eigenvalue weighted by atomic mass is 10.2. The molecule has 1 aromatic rings. The molecule has 1 rings (SSSR count). The van der Waals surface area contributed by atoms with Crippen LogP contribution in [0.25, 0.3) is 0 Å². The molecule has 70 valence electrons. The van der Waals surface area contributed by atoms with Gasteiger partial charge in [0, 0.05) is 11.3 Å². The maximum atomic E-state index is 3.19. The zero-order valence-electron chi connectivity index (χ0n) is 8.55. The van der Waals surface area contributed by atoms with E-state index in [1.807, 2.05) is 11.3 Å². The Hall–Kier alpha value is -0.740. The van der Waals surface area contributed by atoms with Gasteiger partial charge in [0.2, 0.25) is 0 Å². The molecule has 1 heteroatoms. The topological polar surface area (TPSA) is 0 Å². The molecule has 0 aromatic carbocycles. The molecule has 0 bridgehead atoms. The van der Waals surface area contributed by atoms with Crippen molar-refractivity contribution in [3.05, 3.63) is 21.9 Å². The molecule has 0 fully saturated rings. The Morgan fingerprint density at radius 3 is 2.69 bits per heavy atom. The van der Waals surface area contributed by atoms with Gasteiger partial charge in [-0.15, -0.1) is 11.3 Å². The fraction of sp³-hybridized carbons (Fsp3) is 0.500. The van der Waals surface area contributed by atoms with Gasteiger partial charge < -0.3 is 0 Å². The molecule has 0 atom stereocenters. The highest BCUT2D eigenvalue weighted by atomic mass is 32.1. The van der Waals surface area contributed by atoms with Crippen LogP contribution in [0.5, 0.6) is 0 Å². The lowest BCUT2D eigenvalue weighted by Gasteiger charge is -1.96. The first-order chi connectivity index (χ1) is 6.24. The predicted molar refractivity (Wildman–Crippen MR) is 60.2 cm³/mol. The first-order valence-electron chi connectivity index (χ1n) is 4.82. The molecule has 0 aliphatic carbocycles. The van der Waals surface area contributed by atoms with E-state index in [1.54, 1.807) is 0 Å². The minimum Gasteiger partial charge on any atom is -0.131 e. The molecule has 1 aromatic heterocycles. The van der Waals surface area contributed by atoms with Crippen LogP contribution in [-0.4, -0.2) is 0 Å². The second-order valence-corrected chi connectivity index (χ2v) is 4.52. The van der Waals surface area contributed by atoms with Gasteiger partial charge in [-0.05, 0) is 24.5 Å². The van der Waals surface area contributed by atoms with Crippen molar-refractivity contribution in [2.45, 2.75) is 39.5 Å². The van der Waals surface area contributed by atoms with Crippen LogP contribution in [0.2, 0.25) is 0 Å². The van der Waals surface area contributed by atoms with Crippen molar-refractivity contribution in [1.82, 2.24) is 0 Å². The highest BCUT2D eigenvalue weighted by Gasteiger charge is 2.01. The highest BCUT2D eigenvalue weighted by Crippen LogP contribution is 2.23.